The van der Waals surface area contributed by atoms with Gasteiger partial charge >= 0.3 is 0 Å². The van der Waals surface area contributed by atoms with Crippen molar-refractivity contribution in [1.82, 2.24) is 4.98 Å². The summed E-state index contributed by atoms with van der Waals surface area (Å²) >= 11 is 0. The van der Waals surface area contributed by atoms with E-state index in [1.54, 1.807) is 12.3 Å². The number of nitrogen functional groups attached to an aromatic ring is 1. The van der Waals surface area contributed by atoms with Crippen LogP contribution in [0.2, 0.25) is 0 Å². The number of aromatic nitrogens is 1. The van der Waals surface area contributed by atoms with E-state index in [2.05, 4.69) is 4.98 Å². The summed E-state index contributed by atoms with van der Waals surface area (Å²) in [5.41, 5.74) is 7.70. The van der Waals surface area contributed by atoms with Gasteiger partial charge in [0.05, 0.1) is 0 Å². The summed E-state index contributed by atoms with van der Waals surface area (Å²) in [6.07, 6.45) is 2.79. The summed E-state index contributed by atoms with van der Waals surface area (Å²) in [7, 11) is 0. The van der Waals surface area contributed by atoms with Crippen LogP contribution in [-0.2, 0) is 0 Å². The lowest BCUT2D eigenvalue weighted by Gasteiger charge is -1.97. The van der Waals surface area contributed by atoms with Gasteiger partial charge in [-0.1, -0.05) is 0 Å². The van der Waals surface area contributed by atoms with Gasteiger partial charge in [0.15, 0.2) is 0 Å². The van der Waals surface area contributed by atoms with Crippen LogP contribution in [0.4, 0.5) is 5.69 Å². The van der Waals surface area contributed by atoms with Crippen LogP contribution in [-0.4, -0.2) is 11.2 Å². The molecule has 10 heavy (non-hydrogen) atoms. The maximum absolute atomic E-state index is 6.91. The first-order chi connectivity index (χ1) is 4.74. The number of pyridine rings is 1. The number of nitrogens with zero attached hydrogens (tertiary/aromatic N) is 1. The topological polar surface area (TPSA) is 62.8 Å². The maximum Gasteiger partial charge on any atom is 0.0436 e. The number of aryl methyl sites for hydroxylation is 1. The maximum atomic E-state index is 6.91. The van der Waals surface area contributed by atoms with Crippen molar-refractivity contribution >= 4 is 11.9 Å². The zero-order valence-corrected chi connectivity index (χ0v) is 5.76. The van der Waals surface area contributed by atoms with Gasteiger partial charge < -0.3 is 11.1 Å². The van der Waals surface area contributed by atoms with Crippen molar-refractivity contribution < 1.29 is 0 Å². The molecular formula is C7H9N3. The van der Waals surface area contributed by atoms with E-state index in [4.69, 9.17) is 11.1 Å². The second kappa shape index (κ2) is 2.47. The monoisotopic (exact) mass is 135 g/mol. The van der Waals surface area contributed by atoms with E-state index in [1.165, 1.54) is 6.21 Å². The van der Waals surface area contributed by atoms with Crippen LogP contribution in [0.5, 0.6) is 0 Å². The Morgan fingerprint density at radius 1 is 1.70 bits per heavy atom. The van der Waals surface area contributed by atoms with Gasteiger partial charge in [0.1, 0.15) is 0 Å². The molecule has 1 rings (SSSR count). The van der Waals surface area contributed by atoms with Crippen LogP contribution >= 0.6 is 0 Å². The second-order valence-electron chi connectivity index (χ2n) is 2.10. The first-order valence-corrected chi connectivity index (χ1v) is 2.96. The summed E-state index contributed by atoms with van der Waals surface area (Å²) in [6.45, 7) is 1.87. The number of hydrogen-bond donors (Lipinski definition) is 2. The molecule has 0 bridgehead atoms. The number of hydrogen-bond acceptors (Lipinski definition) is 3. The lowest BCUT2D eigenvalue weighted by Crippen LogP contribution is -1.94. The Balaban J connectivity index is 3.19. The number of nitrogens with two attached hydrogens (primary N) is 1. The highest BCUT2D eigenvalue weighted by atomic mass is 14.7. The van der Waals surface area contributed by atoms with Crippen molar-refractivity contribution in [2.24, 2.45) is 0 Å². The molecule has 0 spiro atoms. The Hall–Kier alpha value is -1.38. The molecule has 1 aromatic rings. The lowest BCUT2D eigenvalue weighted by atomic mass is 10.2. The Kier molecular flexibility index (Phi) is 1.67. The molecule has 0 aromatic carbocycles. The van der Waals surface area contributed by atoms with Crippen molar-refractivity contribution in [3.05, 3.63) is 23.5 Å². The van der Waals surface area contributed by atoms with Crippen LogP contribution in [0.1, 0.15) is 11.3 Å². The predicted molar refractivity (Wildman–Crippen MR) is 41.3 cm³/mol. The molecule has 0 saturated carbocycles. The molecule has 0 unspecified atom stereocenters. The first kappa shape index (κ1) is 6.74. The van der Waals surface area contributed by atoms with E-state index in [1.807, 2.05) is 6.92 Å². The van der Waals surface area contributed by atoms with Crippen LogP contribution in [0.25, 0.3) is 0 Å². The minimum atomic E-state index is 0.613. The van der Waals surface area contributed by atoms with E-state index >= 15 is 0 Å². The van der Waals surface area contributed by atoms with Gasteiger partial charge in [0.25, 0.3) is 0 Å². The molecule has 0 atom stereocenters. The molecule has 0 aliphatic heterocycles. The van der Waals surface area contributed by atoms with Crippen LogP contribution in [0.15, 0.2) is 12.3 Å². The van der Waals surface area contributed by atoms with Crippen molar-refractivity contribution in [1.29, 1.82) is 5.41 Å². The van der Waals surface area contributed by atoms with Gasteiger partial charge in [0, 0.05) is 29.4 Å². The zero-order chi connectivity index (χ0) is 7.56. The smallest absolute Gasteiger partial charge is 0.0436 e. The summed E-state index contributed by atoms with van der Waals surface area (Å²) in [4.78, 5) is 3.98. The predicted octanol–water partition coefficient (Wildman–Crippen LogP) is 0.970. The summed E-state index contributed by atoms with van der Waals surface area (Å²) in [5.74, 6) is 0. The fourth-order valence-electron chi connectivity index (χ4n) is 0.712. The van der Waals surface area contributed by atoms with E-state index < -0.39 is 0 Å². The average Bonchev–Trinajstić information content (AvgIpc) is 1.88. The van der Waals surface area contributed by atoms with E-state index in [0.717, 1.165) is 5.69 Å². The Morgan fingerprint density at radius 3 is 2.90 bits per heavy atom. The molecule has 3 N–H and O–H groups in total. The molecule has 1 heterocycles. The third-order valence-corrected chi connectivity index (χ3v) is 1.26. The minimum absolute atomic E-state index is 0.613. The third kappa shape index (κ3) is 1.13. The van der Waals surface area contributed by atoms with Gasteiger partial charge in [-0.2, -0.15) is 0 Å². The molecule has 0 aliphatic rings. The molecule has 0 fully saturated rings. The highest BCUT2D eigenvalue weighted by Crippen LogP contribution is 2.07. The molecule has 52 valence electrons. The van der Waals surface area contributed by atoms with Crippen LogP contribution < -0.4 is 5.73 Å². The molecule has 0 radical (unpaired) electrons. The van der Waals surface area contributed by atoms with Crippen LogP contribution in [0.3, 0.4) is 0 Å². The van der Waals surface area contributed by atoms with Crippen molar-refractivity contribution in [3.8, 4) is 0 Å². The Morgan fingerprint density at radius 2 is 2.40 bits per heavy atom. The minimum Gasteiger partial charge on any atom is -0.398 e. The molecule has 0 saturated heterocycles. The Bertz CT molecular complexity index is 255. The lowest BCUT2D eigenvalue weighted by molar-refractivity contribution is 1.20. The number of anilines is 1. The molecule has 0 aliphatic carbocycles. The van der Waals surface area contributed by atoms with Gasteiger partial charge in [-0.05, 0) is 13.0 Å². The fourth-order valence-corrected chi connectivity index (χ4v) is 0.712. The standard InChI is InChI=1S/C7H9N3/c1-5-2-7(9)6(3-8)4-10-5/h2-4,8H,1H3,(H2,9,10). The van der Waals surface area contributed by atoms with Gasteiger partial charge in [-0.15, -0.1) is 0 Å². The fraction of sp³-hybridized carbons (Fsp3) is 0.143. The average molecular weight is 135 g/mol. The SMILES string of the molecule is Cc1cc(N)c(C=N)cn1. The van der Waals surface area contributed by atoms with Gasteiger partial charge in [0.2, 0.25) is 0 Å². The second-order valence-corrected chi connectivity index (χ2v) is 2.10. The highest BCUT2D eigenvalue weighted by molar-refractivity contribution is 5.84. The van der Waals surface area contributed by atoms with Gasteiger partial charge in [-0.25, -0.2) is 0 Å². The van der Waals surface area contributed by atoms with Gasteiger partial charge in [-0.3, -0.25) is 4.98 Å². The molecular weight excluding hydrogens is 126 g/mol. The summed E-state index contributed by atoms with van der Waals surface area (Å²) in [6, 6.07) is 1.75. The zero-order valence-electron chi connectivity index (χ0n) is 5.76. The summed E-state index contributed by atoms with van der Waals surface area (Å²) in [5, 5.41) is 6.91. The quantitative estimate of drug-likeness (QED) is 0.563. The first-order valence-electron chi connectivity index (χ1n) is 2.96. The van der Waals surface area contributed by atoms with E-state index in [9.17, 15) is 0 Å². The van der Waals surface area contributed by atoms with Crippen molar-refractivity contribution in [2.75, 3.05) is 5.73 Å². The third-order valence-electron chi connectivity index (χ3n) is 1.26. The highest BCUT2D eigenvalue weighted by Gasteiger charge is 1.94. The Labute approximate surface area is 59.4 Å². The van der Waals surface area contributed by atoms with Crippen molar-refractivity contribution in [2.45, 2.75) is 6.92 Å². The summed E-state index contributed by atoms with van der Waals surface area (Å²) < 4.78 is 0. The molecule has 0 amide bonds. The molecule has 3 nitrogen and oxygen atoms in total. The molecule has 3 heteroatoms. The molecule has 1 aromatic heterocycles. The largest absolute Gasteiger partial charge is 0.398 e. The number of rotatable bonds is 1. The van der Waals surface area contributed by atoms with Crippen LogP contribution in [0, 0.1) is 12.3 Å². The normalized spacial score (nSPS) is 9.30. The van der Waals surface area contributed by atoms with E-state index in [-0.39, 0.29) is 0 Å². The van der Waals surface area contributed by atoms with E-state index in [0.29, 0.717) is 11.3 Å². The van der Waals surface area contributed by atoms with Crippen molar-refractivity contribution in [3.63, 3.8) is 0 Å². The number of nitrogens with one attached hydrogen (secondary N) is 1.